The van der Waals surface area contributed by atoms with Crippen molar-refractivity contribution in [3.8, 4) is 0 Å². The topological polar surface area (TPSA) is 142 Å². The van der Waals surface area contributed by atoms with Crippen molar-refractivity contribution < 1.29 is 24.6 Å². The maximum Gasteiger partial charge on any atom is 0.334 e. The molecule has 0 aromatic heterocycles. The van der Waals surface area contributed by atoms with E-state index < -0.39 is 24.0 Å². The first-order chi connectivity index (χ1) is 7.43. The Morgan fingerprint density at radius 1 is 1.25 bits per heavy atom. The second-order valence-corrected chi connectivity index (χ2v) is 3.06. The first-order valence-corrected chi connectivity index (χ1v) is 4.64. The third-order valence-electron chi connectivity index (χ3n) is 1.63. The van der Waals surface area contributed by atoms with Crippen molar-refractivity contribution >= 4 is 17.9 Å². The molecule has 8 nitrogen and oxygen atoms in total. The molecule has 0 radical (unpaired) electrons. The Balaban J connectivity index is 3.52. The van der Waals surface area contributed by atoms with Crippen molar-refractivity contribution in [2.75, 3.05) is 13.1 Å². The number of aliphatic hydroxyl groups is 1. The van der Waals surface area contributed by atoms with Crippen LogP contribution in [0.4, 0.5) is 4.79 Å². The lowest BCUT2D eigenvalue weighted by Gasteiger charge is -2.08. The van der Waals surface area contributed by atoms with Gasteiger partial charge in [-0.2, -0.15) is 0 Å². The summed E-state index contributed by atoms with van der Waals surface area (Å²) in [5.41, 5.74) is 4.88. The third-order valence-corrected chi connectivity index (χ3v) is 1.63. The van der Waals surface area contributed by atoms with E-state index in [1.54, 1.807) is 0 Å². The van der Waals surface area contributed by atoms with Gasteiger partial charge in [0, 0.05) is 13.0 Å². The number of carboxylic acid groups (broad SMARTS) is 1. The fourth-order valence-electron chi connectivity index (χ4n) is 0.804. The summed E-state index contributed by atoms with van der Waals surface area (Å²) in [6, 6.07) is -0.607. The van der Waals surface area contributed by atoms with Crippen molar-refractivity contribution in [3.05, 3.63) is 0 Å². The molecule has 0 spiro atoms. The van der Waals surface area contributed by atoms with Crippen molar-refractivity contribution in [1.29, 1.82) is 0 Å². The van der Waals surface area contributed by atoms with Gasteiger partial charge in [-0.1, -0.05) is 0 Å². The number of amides is 3. The van der Waals surface area contributed by atoms with E-state index in [2.05, 4.69) is 10.6 Å². The molecule has 0 rings (SSSR count). The smallest absolute Gasteiger partial charge is 0.334 e. The second kappa shape index (κ2) is 7.46. The van der Waals surface area contributed by atoms with Gasteiger partial charge in [-0.25, -0.2) is 9.59 Å². The van der Waals surface area contributed by atoms with Crippen LogP contribution < -0.4 is 16.4 Å². The SMILES string of the molecule is NC(=O)CCCNC(=O)NCC(O)C(=O)O. The number of carbonyl (C=O) groups is 3. The van der Waals surface area contributed by atoms with Gasteiger partial charge in [-0.05, 0) is 6.42 Å². The summed E-state index contributed by atoms with van der Waals surface area (Å²) in [6.07, 6.45) is -1.06. The molecule has 1 atom stereocenters. The first-order valence-electron chi connectivity index (χ1n) is 4.64. The second-order valence-electron chi connectivity index (χ2n) is 3.06. The Morgan fingerprint density at radius 3 is 2.38 bits per heavy atom. The molecule has 0 saturated carbocycles. The maximum atomic E-state index is 11.0. The van der Waals surface area contributed by atoms with E-state index in [0.29, 0.717) is 6.42 Å². The van der Waals surface area contributed by atoms with Crippen molar-refractivity contribution in [3.63, 3.8) is 0 Å². The van der Waals surface area contributed by atoms with Crippen LogP contribution in [0.25, 0.3) is 0 Å². The number of nitrogens with two attached hydrogens (primary N) is 1. The Kier molecular flexibility index (Phi) is 6.61. The van der Waals surface area contributed by atoms with E-state index >= 15 is 0 Å². The van der Waals surface area contributed by atoms with Crippen LogP contribution >= 0.6 is 0 Å². The van der Waals surface area contributed by atoms with E-state index in [0.717, 1.165) is 0 Å². The Bertz CT molecular complexity index is 268. The lowest BCUT2D eigenvalue weighted by molar-refractivity contribution is -0.146. The van der Waals surface area contributed by atoms with Gasteiger partial charge in [0.05, 0.1) is 6.54 Å². The maximum absolute atomic E-state index is 11.0. The molecule has 92 valence electrons. The number of carbonyl (C=O) groups excluding carboxylic acids is 2. The zero-order valence-corrected chi connectivity index (χ0v) is 8.60. The highest BCUT2D eigenvalue weighted by Gasteiger charge is 2.13. The number of aliphatic hydroxyl groups excluding tert-OH is 1. The lowest BCUT2D eigenvalue weighted by atomic mass is 10.3. The van der Waals surface area contributed by atoms with Gasteiger partial charge in [-0.15, -0.1) is 0 Å². The van der Waals surface area contributed by atoms with Gasteiger partial charge < -0.3 is 26.6 Å². The van der Waals surface area contributed by atoms with Crippen molar-refractivity contribution in [2.45, 2.75) is 18.9 Å². The van der Waals surface area contributed by atoms with E-state index in [1.807, 2.05) is 0 Å². The predicted molar refractivity (Wildman–Crippen MR) is 53.5 cm³/mol. The number of urea groups is 1. The molecule has 8 heteroatoms. The Morgan fingerprint density at radius 2 is 1.88 bits per heavy atom. The Hall–Kier alpha value is -1.83. The van der Waals surface area contributed by atoms with Gasteiger partial charge in [0.2, 0.25) is 5.91 Å². The average Bonchev–Trinajstić information content (AvgIpc) is 2.20. The fraction of sp³-hybridized carbons (Fsp3) is 0.625. The number of carboxylic acids is 1. The summed E-state index contributed by atoms with van der Waals surface area (Å²) in [5, 5.41) is 21.6. The molecule has 0 aliphatic carbocycles. The summed E-state index contributed by atoms with van der Waals surface area (Å²) < 4.78 is 0. The summed E-state index contributed by atoms with van der Waals surface area (Å²) in [6.45, 7) is -0.130. The molecule has 0 fully saturated rings. The zero-order chi connectivity index (χ0) is 12.6. The van der Waals surface area contributed by atoms with Gasteiger partial charge in [0.15, 0.2) is 6.10 Å². The van der Waals surface area contributed by atoms with Crippen molar-refractivity contribution in [2.24, 2.45) is 5.73 Å². The highest BCUT2D eigenvalue weighted by molar-refractivity contribution is 5.76. The monoisotopic (exact) mass is 233 g/mol. The normalized spacial score (nSPS) is 11.6. The number of rotatable bonds is 7. The number of hydrogen-bond donors (Lipinski definition) is 5. The molecule has 16 heavy (non-hydrogen) atoms. The fourth-order valence-corrected chi connectivity index (χ4v) is 0.804. The summed E-state index contributed by atoms with van der Waals surface area (Å²) >= 11 is 0. The van der Waals surface area contributed by atoms with Gasteiger partial charge in [0.1, 0.15) is 0 Å². The minimum Gasteiger partial charge on any atom is -0.479 e. The molecule has 0 aromatic carbocycles. The number of hydrogen-bond acceptors (Lipinski definition) is 4. The largest absolute Gasteiger partial charge is 0.479 e. The standard InChI is InChI=1S/C8H15N3O5/c9-6(13)2-1-3-10-8(16)11-4-5(12)7(14)15/h5,12H,1-4H2,(H2,9,13)(H,14,15)(H2,10,11,16). The molecule has 6 N–H and O–H groups in total. The highest BCUT2D eigenvalue weighted by Crippen LogP contribution is 1.84. The van der Waals surface area contributed by atoms with Crippen molar-refractivity contribution in [1.82, 2.24) is 10.6 Å². The average molecular weight is 233 g/mol. The summed E-state index contributed by atoms with van der Waals surface area (Å²) in [7, 11) is 0. The minimum atomic E-state index is -1.63. The minimum absolute atomic E-state index is 0.165. The summed E-state index contributed by atoms with van der Waals surface area (Å²) in [4.78, 5) is 31.5. The van der Waals surface area contributed by atoms with Gasteiger partial charge in [-0.3, -0.25) is 4.79 Å². The van der Waals surface area contributed by atoms with Crippen LogP contribution in [0.5, 0.6) is 0 Å². The van der Waals surface area contributed by atoms with Gasteiger partial charge in [0.25, 0.3) is 0 Å². The zero-order valence-electron chi connectivity index (χ0n) is 8.60. The van der Waals surface area contributed by atoms with Crippen LogP contribution in [0.1, 0.15) is 12.8 Å². The number of nitrogens with one attached hydrogen (secondary N) is 2. The van der Waals surface area contributed by atoms with Crippen LogP contribution in [0.3, 0.4) is 0 Å². The molecule has 0 aliphatic rings. The molecule has 0 aliphatic heterocycles. The molecular formula is C8H15N3O5. The van der Waals surface area contributed by atoms with Crippen LogP contribution in [-0.4, -0.2) is 47.3 Å². The molecule has 0 bridgehead atoms. The summed E-state index contributed by atoms with van der Waals surface area (Å²) in [5.74, 6) is -1.86. The molecule has 3 amide bonds. The van der Waals surface area contributed by atoms with Crippen LogP contribution in [-0.2, 0) is 9.59 Å². The first kappa shape index (κ1) is 14.2. The van der Waals surface area contributed by atoms with Crippen LogP contribution in [0.15, 0.2) is 0 Å². The van der Waals surface area contributed by atoms with Crippen LogP contribution in [0.2, 0.25) is 0 Å². The van der Waals surface area contributed by atoms with Gasteiger partial charge >= 0.3 is 12.0 Å². The molecular weight excluding hydrogens is 218 g/mol. The van der Waals surface area contributed by atoms with E-state index in [4.69, 9.17) is 15.9 Å². The molecule has 0 heterocycles. The van der Waals surface area contributed by atoms with E-state index in [-0.39, 0.29) is 19.5 Å². The number of primary amides is 1. The lowest BCUT2D eigenvalue weighted by Crippen LogP contribution is -2.42. The molecule has 0 aromatic rings. The Labute approximate surface area is 91.8 Å². The quantitative estimate of drug-likeness (QED) is 0.323. The predicted octanol–water partition coefficient (Wildman–Crippen LogP) is -2.00. The highest BCUT2D eigenvalue weighted by atomic mass is 16.4. The molecule has 0 saturated heterocycles. The van der Waals surface area contributed by atoms with Crippen LogP contribution in [0, 0.1) is 0 Å². The molecule has 1 unspecified atom stereocenters. The van der Waals surface area contributed by atoms with E-state index in [1.165, 1.54) is 0 Å². The van der Waals surface area contributed by atoms with E-state index in [9.17, 15) is 14.4 Å². The third kappa shape index (κ3) is 7.56. The number of aliphatic carboxylic acids is 1.